The van der Waals surface area contributed by atoms with Crippen molar-refractivity contribution in [3.05, 3.63) is 0 Å². The van der Waals surface area contributed by atoms with E-state index in [1.165, 1.54) is 0 Å². The maximum Gasteiger partial charge on any atom is 0 e. The van der Waals surface area contributed by atoms with Crippen molar-refractivity contribution in [3.63, 3.8) is 0 Å². The summed E-state index contributed by atoms with van der Waals surface area (Å²) in [6.07, 6.45) is 0. The van der Waals surface area contributed by atoms with Gasteiger partial charge >= 0.3 is 0 Å². The Kier molecular flexibility index (Phi) is 287. The molecule has 0 atom stereocenters. The molecular formula is H5ClCuN2. The number of rotatable bonds is 0. The van der Waals surface area contributed by atoms with Crippen molar-refractivity contribution in [2.45, 2.75) is 0 Å². The first-order chi connectivity index (χ1) is 1.00. The van der Waals surface area contributed by atoms with Gasteiger partial charge in [0.25, 0.3) is 0 Å². The molecule has 0 unspecified atom stereocenters. The van der Waals surface area contributed by atoms with Gasteiger partial charge in [0.1, 0.15) is 0 Å². The van der Waals surface area contributed by atoms with Crippen molar-refractivity contribution in [1.82, 2.24) is 6.15 Å². The molecule has 4 heavy (non-hydrogen) atoms. The first-order valence-electron chi connectivity index (χ1n) is 0.218. The van der Waals surface area contributed by atoms with E-state index in [1.54, 1.807) is 0 Å². The summed E-state index contributed by atoms with van der Waals surface area (Å²) in [6, 6.07) is 0. The van der Waals surface area contributed by atoms with Crippen LogP contribution in [0, 0.1) is 0 Å². The van der Waals surface area contributed by atoms with Crippen molar-refractivity contribution < 1.29 is 17.1 Å². The molecular weight excluding hydrogens is 127 g/mol. The Morgan fingerprint density at radius 1 is 1.25 bits per heavy atom. The molecule has 0 heterocycles. The van der Waals surface area contributed by atoms with Crippen LogP contribution in [-0.4, -0.2) is 0 Å². The van der Waals surface area contributed by atoms with Gasteiger partial charge < -0.3 is 6.15 Å². The number of nitrogens with two attached hydrogens (primary N) is 1. The molecule has 1 radical (unpaired) electrons. The Hall–Kier alpha value is 0.729. The summed E-state index contributed by atoms with van der Waals surface area (Å²) in [5.74, 6) is 0. The summed E-state index contributed by atoms with van der Waals surface area (Å²) in [6.45, 7) is 0. The fourth-order valence-electron chi connectivity index (χ4n) is 0. The van der Waals surface area contributed by atoms with Crippen molar-refractivity contribution in [3.8, 4) is 0 Å². The molecule has 0 aromatic carbocycles. The van der Waals surface area contributed by atoms with Gasteiger partial charge in [0.05, 0.1) is 0 Å². The Morgan fingerprint density at radius 2 is 1.25 bits per heavy atom. The Balaban J connectivity index is -0.00000000500. The number of halogens is 1. The van der Waals surface area contributed by atoms with Gasteiger partial charge in [0.15, 0.2) is 0 Å². The number of hydrogen-bond donors (Lipinski definition) is 2. The van der Waals surface area contributed by atoms with Crippen LogP contribution in [0.5, 0.6) is 0 Å². The summed E-state index contributed by atoms with van der Waals surface area (Å²) in [5.41, 5.74) is 0. The van der Waals surface area contributed by atoms with Crippen LogP contribution in [0.15, 0.2) is 0 Å². The van der Waals surface area contributed by atoms with E-state index < -0.39 is 0 Å². The molecule has 0 aliphatic heterocycles. The van der Waals surface area contributed by atoms with Gasteiger partial charge in [0.2, 0.25) is 0 Å². The summed E-state index contributed by atoms with van der Waals surface area (Å²) >= 11 is 4.14. The molecule has 4 heteroatoms. The minimum atomic E-state index is 0. The molecule has 5 N–H and O–H groups in total. The van der Waals surface area contributed by atoms with Crippen LogP contribution >= 0.6 is 11.8 Å². The number of hydrogen-bond acceptors (Lipinski definition) is 2. The van der Waals surface area contributed by atoms with E-state index in [2.05, 4.69) is 17.0 Å². The van der Waals surface area contributed by atoms with E-state index in [9.17, 15) is 0 Å². The van der Waals surface area contributed by atoms with Crippen LogP contribution < -0.4 is 11.4 Å². The molecule has 0 aliphatic rings. The van der Waals surface area contributed by atoms with E-state index >= 15 is 0 Å². The molecule has 0 rings (SSSR count). The summed E-state index contributed by atoms with van der Waals surface area (Å²) < 4.78 is 0. The topological polar surface area (TPSA) is 61.0 Å². The molecule has 0 fully saturated rings. The average molecular weight is 132 g/mol. The fraction of sp³-hybridized carbons (Fsp3) is 0. The van der Waals surface area contributed by atoms with E-state index in [4.69, 9.17) is 0 Å². The second-order valence-electron chi connectivity index (χ2n) is 0. The largest absolute Gasteiger partial charge is 0.344 e. The summed E-state index contributed by atoms with van der Waals surface area (Å²) in [5, 5.41) is 3.97. The van der Waals surface area contributed by atoms with Crippen molar-refractivity contribution >= 4 is 11.8 Å². The Bertz CT molecular complexity index is 6.00. The van der Waals surface area contributed by atoms with Crippen LogP contribution in [0.25, 0.3) is 0 Å². The van der Waals surface area contributed by atoms with Crippen molar-refractivity contribution in [1.29, 1.82) is 0 Å². The van der Waals surface area contributed by atoms with Crippen LogP contribution in [0.1, 0.15) is 0 Å². The first-order valence-corrected chi connectivity index (χ1v) is 0.655. The zero-order valence-electron chi connectivity index (χ0n) is 1.96. The van der Waals surface area contributed by atoms with Gasteiger partial charge in [-0.3, -0.25) is 0 Å². The fourth-order valence-corrected chi connectivity index (χ4v) is 0. The second-order valence-corrected chi connectivity index (χ2v) is 0. The molecule has 0 saturated heterocycles. The predicted molar refractivity (Wildman–Crippen MR) is 15.1 cm³/mol. The van der Waals surface area contributed by atoms with Crippen LogP contribution in [0.3, 0.4) is 0 Å². The van der Waals surface area contributed by atoms with Crippen LogP contribution in [-0.2, 0) is 17.1 Å². The monoisotopic (exact) mass is 131 g/mol. The van der Waals surface area contributed by atoms with Crippen molar-refractivity contribution in [2.75, 3.05) is 0 Å². The zero-order valence-corrected chi connectivity index (χ0v) is 3.66. The third kappa shape index (κ3) is 15.3. The maximum atomic E-state index is 4.14. The molecule has 0 aromatic rings. The Morgan fingerprint density at radius 3 is 1.25 bits per heavy atom. The van der Waals surface area contributed by atoms with E-state index in [0.717, 1.165) is 0 Å². The zero-order chi connectivity index (χ0) is 2.00. The molecule has 0 aromatic heterocycles. The summed E-state index contributed by atoms with van der Waals surface area (Å²) in [7, 11) is 0. The molecule has 0 amide bonds. The minimum absolute atomic E-state index is 0. The SMILES string of the molecule is N.NCl.[Cu]. The Labute approximate surface area is 40.9 Å². The molecule has 0 spiro atoms. The quantitative estimate of drug-likeness (QED) is 0.366. The smallest absolute Gasteiger partial charge is 0 e. The molecule has 0 bridgehead atoms. The van der Waals surface area contributed by atoms with E-state index in [1.807, 2.05) is 0 Å². The van der Waals surface area contributed by atoms with Crippen molar-refractivity contribution in [2.24, 2.45) is 5.25 Å². The van der Waals surface area contributed by atoms with Gasteiger partial charge in [-0.1, -0.05) is 0 Å². The normalized spacial score (nSPS) is 1.50. The third-order valence-electron chi connectivity index (χ3n) is 0. The van der Waals surface area contributed by atoms with Crippen LogP contribution in [0.4, 0.5) is 0 Å². The molecule has 2 nitrogen and oxygen atoms in total. The van der Waals surface area contributed by atoms with Gasteiger partial charge in [0, 0.05) is 17.1 Å². The van der Waals surface area contributed by atoms with Gasteiger partial charge in [-0.2, -0.15) is 0 Å². The maximum absolute atomic E-state index is 4.14. The third-order valence-corrected chi connectivity index (χ3v) is 0. The standard InChI is InChI=1S/ClH2N.Cu.H3N/c1-2;;/h2H2;;1H3. The summed E-state index contributed by atoms with van der Waals surface area (Å²) in [4.78, 5) is 0. The first kappa shape index (κ1) is 22.0. The minimum Gasteiger partial charge on any atom is -0.344 e. The molecule has 33 valence electrons. The molecule has 0 aliphatic carbocycles. The van der Waals surface area contributed by atoms with Gasteiger partial charge in [-0.25, -0.2) is 5.25 Å². The van der Waals surface area contributed by atoms with Crippen LogP contribution in [0.2, 0.25) is 0 Å². The average Bonchev–Trinajstić information content (AvgIpc) is 1.00. The van der Waals surface area contributed by atoms with Gasteiger partial charge in [-0.15, -0.1) is 0 Å². The van der Waals surface area contributed by atoms with E-state index in [-0.39, 0.29) is 23.2 Å². The van der Waals surface area contributed by atoms with Gasteiger partial charge in [-0.05, 0) is 11.8 Å². The van der Waals surface area contributed by atoms with E-state index in [0.29, 0.717) is 0 Å². The second kappa shape index (κ2) is 52.2. The molecule has 0 saturated carbocycles. The predicted octanol–water partition coefficient (Wildman–Crippen LogP) is 0.258.